The smallest absolute Gasteiger partial charge is 0.336 e. The summed E-state index contributed by atoms with van der Waals surface area (Å²) in [5, 5.41) is 10.2. The average Bonchev–Trinajstić information content (AvgIpc) is 2.78. The number of nitrogens with one attached hydrogen (secondary N) is 1. The van der Waals surface area contributed by atoms with Gasteiger partial charge in [-0.05, 0) is 18.2 Å². The molecule has 0 bridgehead atoms. The van der Waals surface area contributed by atoms with Crippen molar-refractivity contribution in [2.45, 2.75) is 4.21 Å². The SMILES string of the molecule is O=C(O)c1csc(S(=O)(=O)Nc2ccnc(Cl)c2)c1. The Morgan fingerprint density at radius 3 is 2.74 bits per heavy atom. The fourth-order valence-corrected chi connectivity index (χ4v) is 3.62. The van der Waals surface area contributed by atoms with Crippen LogP contribution in [-0.2, 0) is 10.0 Å². The monoisotopic (exact) mass is 318 g/mol. The quantitative estimate of drug-likeness (QED) is 0.843. The Kier molecular flexibility index (Phi) is 3.74. The van der Waals surface area contributed by atoms with E-state index in [1.807, 2.05) is 0 Å². The van der Waals surface area contributed by atoms with Gasteiger partial charge in [0.2, 0.25) is 0 Å². The zero-order valence-corrected chi connectivity index (χ0v) is 11.6. The molecule has 0 aliphatic carbocycles. The molecule has 0 aliphatic rings. The van der Waals surface area contributed by atoms with Gasteiger partial charge < -0.3 is 5.11 Å². The van der Waals surface area contributed by atoms with Crippen LogP contribution in [0.3, 0.4) is 0 Å². The number of aromatic carboxylic acids is 1. The number of halogens is 1. The van der Waals surface area contributed by atoms with E-state index in [0.717, 1.165) is 17.4 Å². The van der Waals surface area contributed by atoms with Gasteiger partial charge in [0.15, 0.2) is 0 Å². The Morgan fingerprint density at radius 1 is 1.42 bits per heavy atom. The predicted octanol–water partition coefficient (Wildman–Crippen LogP) is 2.30. The van der Waals surface area contributed by atoms with E-state index in [4.69, 9.17) is 16.7 Å². The highest BCUT2D eigenvalue weighted by Gasteiger charge is 2.19. The van der Waals surface area contributed by atoms with E-state index in [-0.39, 0.29) is 20.6 Å². The second-order valence-corrected chi connectivity index (χ2v) is 6.64. The molecule has 0 amide bonds. The molecule has 2 heterocycles. The van der Waals surface area contributed by atoms with Crippen LogP contribution in [0.2, 0.25) is 5.15 Å². The van der Waals surface area contributed by atoms with Crippen LogP contribution in [0.4, 0.5) is 5.69 Å². The molecule has 2 aromatic rings. The van der Waals surface area contributed by atoms with Gasteiger partial charge in [-0.3, -0.25) is 4.72 Å². The predicted molar refractivity (Wildman–Crippen MR) is 71.3 cm³/mol. The van der Waals surface area contributed by atoms with E-state index in [2.05, 4.69) is 9.71 Å². The van der Waals surface area contributed by atoms with Crippen molar-refractivity contribution < 1.29 is 18.3 Å². The van der Waals surface area contributed by atoms with Gasteiger partial charge in [-0.1, -0.05) is 11.6 Å². The van der Waals surface area contributed by atoms with Crippen molar-refractivity contribution in [2.24, 2.45) is 0 Å². The lowest BCUT2D eigenvalue weighted by Crippen LogP contribution is -2.11. The first-order chi connectivity index (χ1) is 8.88. The molecule has 6 nitrogen and oxygen atoms in total. The number of carboxylic acids is 1. The fourth-order valence-electron chi connectivity index (χ4n) is 1.24. The number of anilines is 1. The van der Waals surface area contributed by atoms with Crippen LogP contribution in [0, 0.1) is 0 Å². The highest BCUT2D eigenvalue weighted by molar-refractivity contribution is 7.94. The molecule has 2 N–H and O–H groups in total. The summed E-state index contributed by atoms with van der Waals surface area (Å²) in [6.07, 6.45) is 1.36. The van der Waals surface area contributed by atoms with Crippen LogP contribution < -0.4 is 4.72 Å². The fraction of sp³-hybridized carbons (Fsp3) is 0. The minimum absolute atomic E-state index is 0.0712. The second kappa shape index (κ2) is 5.16. The van der Waals surface area contributed by atoms with Crippen LogP contribution in [0.15, 0.2) is 34.0 Å². The van der Waals surface area contributed by atoms with E-state index in [0.29, 0.717) is 0 Å². The zero-order chi connectivity index (χ0) is 14.0. The Morgan fingerprint density at radius 2 is 2.16 bits per heavy atom. The van der Waals surface area contributed by atoms with Crippen molar-refractivity contribution in [1.29, 1.82) is 0 Å². The summed E-state index contributed by atoms with van der Waals surface area (Å²) in [6, 6.07) is 3.89. The summed E-state index contributed by atoms with van der Waals surface area (Å²) >= 11 is 6.47. The first kappa shape index (κ1) is 13.8. The summed E-state index contributed by atoms with van der Waals surface area (Å²) in [5.41, 5.74) is 0.184. The number of rotatable bonds is 4. The van der Waals surface area contributed by atoms with Gasteiger partial charge in [-0.2, -0.15) is 0 Å². The van der Waals surface area contributed by atoms with Crippen molar-refractivity contribution in [3.63, 3.8) is 0 Å². The molecule has 0 aliphatic heterocycles. The summed E-state index contributed by atoms with van der Waals surface area (Å²) in [5.74, 6) is -1.18. The van der Waals surface area contributed by atoms with Gasteiger partial charge in [0.05, 0.1) is 11.3 Å². The second-order valence-electron chi connectivity index (χ2n) is 3.43. The largest absolute Gasteiger partial charge is 0.478 e. The molecule has 19 heavy (non-hydrogen) atoms. The first-order valence-corrected chi connectivity index (χ1v) is 7.59. The Labute approximate surface area is 117 Å². The van der Waals surface area contributed by atoms with Crippen LogP contribution in [-0.4, -0.2) is 24.5 Å². The topological polar surface area (TPSA) is 96.4 Å². The van der Waals surface area contributed by atoms with E-state index in [1.165, 1.54) is 23.7 Å². The highest BCUT2D eigenvalue weighted by Crippen LogP contribution is 2.23. The Hall–Kier alpha value is -1.64. The van der Waals surface area contributed by atoms with E-state index >= 15 is 0 Å². The normalized spacial score (nSPS) is 11.2. The number of sulfonamides is 1. The van der Waals surface area contributed by atoms with Crippen molar-refractivity contribution >= 4 is 44.6 Å². The lowest BCUT2D eigenvalue weighted by molar-refractivity contribution is 0.0697. The van der Waals surface area contributed by atoms with Gasteiger partial charge in [0, 0.05) is 11.6 Å². The van der Waals surface area contributed by atoms with Crippen LogP contribution in [0.1, 0.15) is 10.4 Å². The number of pyridine rings is 1. The molecule has 0 aromatic carbocycles. The van der Waals surface area contributed by atoms with Crippen molar-refractivity contribution in [2.75, 3.05) is 4.72 Å². The molecule has 100 valence electrons. The standard InChI is InChI=1S/C10H7ClN2O4S2/c11-8-4-7(1-2-12-8)13-19(16,17)9-3-6(5-18-9)10(14)15/h1-5H,(H,12,13)(H,14,15). The molecule has 2 aromatic heterocycles. The number of thiophene rings is 1. The average molecular weight is 319 g/mol. The maximum atomic E-state index is 12.0. The molecular weight excluding hydrogens is 312 g/mol. The molecule has 9 heteroatoms. The molecule has 0 saturated heterocycles. The maximum Gasteiger partial charge on any atom is 0.336 e. The third-order valence-electron chi connectivity index (χ3n) is 2.07. The van der Waals surface area contributed by atoms with E-state index in [1.54, 1.807) is 0 Å². The Bertz CT molecular complexity index is 727. The summed E-state index contributed by atoms with van der Waals surface area (Å²) in [7, 11) is -3.82. The summed E-state index contributed by atoms with van der Waals surface area (Å²) < 4.78 is 26.2. The lowest BCUT2D eigenvalue weighted by Gasteiger charge is -2.05. The molecule has 0 atom stereocenters. The van der Waals surface area contributed by atoms with E-state index in [9.17, 15) is 13.2 Å². The number of aromatic nitrogens is 1. The molecule has 0 unspecified atom stereocenters. The maximum absolute atomic E-state index is 12.0. The molecular formula is C10H7ClN2O4S2. The van der Waals surface area contributed by atoms with Gasteiger partial charge >= 0.3 is 5.97 Å². The Balaban J connectivity index is 2.29. The molecule has 0 radical (unpaired) electrons. The zero-order valence-electron chi connectivity index (χ0n) is 9.20. The van der Waals surface area contributed by atoms with Crippen molar-refractivity contribution in [3.05, 3.63) is 40.5 Å². The van der Waals surface area contributed by atoms with Gasteiger partial charge in [-0.25, -0.2) is 18.2 Å². The van der Waals surface area contributed by atoms with Gasteiger partial charge in [0.1, 0.15) is 9.36 Å². The van der Waals surface area contributed by atoms with E-state index < -0.39 is 16.0 Å². The number of hydrogen-bond acceptors (Lipinski definition) is 5. The third kappa shape index (κ3) is 3.22. The van der Waals surface area contributed by atoms with Crippen molar-refractivity contribution in [3.8, 4) is 0 Å². The van der Waals surface area contributed by atoms with Crippen LogP contribution in [0.5, 0.6) is 0 Å². The summed E-state index contributed by atoms with van der Waals surface area (Å²) in [4.78, 5) is 14.4. The van der Waals surface area contributed by atoms with Gasteiger partial charge in [-0.15, -0.1) is 11.3 Å². The van der Waals surface area contributed by atoms with Crippen molar-refractivity contribution in [1.82, 2.24) is 4.98 Å². The lowest BCUT2D eigenvalue weighted by atomic mass is 10.4. The molecule has 2 rings (SSSR count). The number of carboxylic acid groups (broad SMARTS) is 1. The van der Waals surface area contributed by atoms with Crippen LogP contribution in [0.25, 0.3) is 0 Å². The number of carbonyl (C=O) groups is 1. The molecule has 0 saturated carbocycles. The highest BCUT2D eigenvalue weighted by atomic mass is 35.5. The molecule has 0 spiro atoms. The number of nitrogens with zero attached hydrogens (tertiary/aromatic N) is 1. The minimum Gasteiger partial charge on any atom is -0.478 e. The molecule has 0 fully saturated rings. The van der Waals surface area contributed by atoms with Gasteiger partial charge in [0.25, 0.3) is 10.0 Å². The van der Waals surface area contributed by atoms with Crippen LogP contribution >= 0.6 is 22.9 Å². The minimum atomic E-state index is -3.82. The third-order valence-corrected chi connectivity index (χ3v) is 5.09. The summed E-state index contributed by atoms with van der Waals surface area (Å²) in [6.45, 7) is 0. The number of hydrogen-bond donors (Lipinski definition) is 2. The first-order valence-electron chi connectivity index (χ1n) is 4.85.